The van der Waals surface area contributed by atoms with Crippen LogP contribution >= 0.6 is 11.6 Å². The van der Waals surface area contributed by atoms with Crippen LogP contribution in [-0.2, 0) is 6.54 Å². The fraction of sp³-hybridized carbons (Fsp3) is 0.0667. The first-order valence-electron chi connectivity index (χ1n) is 6.32. The van der Waals surface area contributed by atoms with E-state index in [9.17, 15) is 5.11 Å². The van der Waals surface area contributed by atoms with Crippen LogP contribution in [0.15, 0.2) is 52.9 Å². The van der Waals surface area contributed by atoms with Crippen molar-refractivity contribution >= 4 is 17.6 Å². The topological polar surface area (TPSA) is 71.2 Å². The Bertz CT molecular complexity index is 758. The van der Waals surface area contributed by atoms with Gasteiger partial charge in [-0.3, -0.25) is 0 Å². The third kappa shape index (κ3) is 3.14. The predicted octanol–water partition coefficient (Wildman–Crippen LogP) is 3.71. The molecule has 0 atom stereocenters. The largest absolute Gasteiger partial charge is 0.508 e. The van der Waals surface area contributed by atoms with Crippen LogP contribution in [0, 0.1) is 0 Å². The Balaban J connectivity index is 1.72. The van der Waals surface area contributed by atoms with Crippen LogP contribution in [0.3, 0.4) is 0 Å². The van der Waals surface area contributed by atoms with Gasteiger partial charge in [-0.05, 0) is 29.8 Å². The number of nitrogens with one attached hydrogen (secondary N) is 1. The Kier molecular flexibility index (Phi) is 3.75. The zero-order chi connectivity index (χ0) is 14.7. The van der Waals surface area contributed by atoms with Crippen LogP contribution in [0.1, 0.15) is 5.56 Å². The van der Waals surface area contributed by atoms with Crippen molar-refractivity contribution in [3.8, 4) is 17.2 Å². The highest BCUT2D eigenvalue weighted by Gasteiger charge is 2.09. The van der Waals surface area contributed by atoms with Gasteiger partial charge in [-0.25, -0.2) is 0 Å². The minimum atomic E-state index is 0.149. The first kappa shape index (κ1) is 13.5. The molecule has 1 heterocycles. The minimum absolute atomic E-state index is 0.149. The van der Waals surface area contributed by atoms with Gasteiger partial charge in [0.25, 0.3) is 0 Å². The Morgan fingerprint density at radius 2 is 1.95 bits per heavy atom. The molecule has 3 rings (SSSR count). The molecule has 0 aliphatic heterocycles. The summed E-state index contributed by atoms with van der Waals surface area (Å²) in [6, 6.07) is 14.5. The molecule has 0 saturated heterocycles. The SMILES string of the molecule is Oc1cccc(-c2nnc(NCc3ccccc3Cl)o2)c1. The second-order valence-electron chi connectivity index (χ2n) is 4.41. The van der Waals surface area contributed by atoms with E-state index in [1.54, 1.807) is 24.3 Å². The van der Waals surface area contributed by atoms with Crippen molar-refractivity contribution in [1.29, 1.82) is 0 Å². The number of aromatic nitrogens is 2. The van der Waals surface area contributed by atoms with Crippen LogP contribution in [0.2, 0.25) is 5.02 Å². The van der Waals surface area contributed by atoms with Gasteiger partial charge in [0, 0.05) is 17.1 Å². The van der Waals surface area contributed by atoms with Gasteiger partial charge in [-0.1, -0.05) is 41.0 Å². The zero-order valence-corrected chi connectivity index (χ0v) is 11.7. The molecule has 0 spiro atoms. The Morgan fingerprint density at radius 3 is 2.76 bits per heavy atom. The molecule has 0 saturated carbocycles. The van der Waals surface area contributed by atoms with Crippen LogP contribution in [0.25, 0.3) is 11.5 Å². The number of benzene rings is 2. The van der Waals surface area contributed by atoms with Crippen molar-refractivity contribution < 1.29 is 9.52 Å². The van der Waals surface area contributed by atoms with E-state index < -0.39 is 0 Å². The average Bonchev–Trinajstić information content (AvgIpc) is 2.95. The Labute approximate surface area is 126 Å². The minimum Gasteiger partial charge on any atom is -0.508 e. The smallest absolute Gasteiger partial charge is 0.316 e. The molecule has 0 fully saturated rings. The highest BCUT2D eigenvalue weighted by atomic mass is 35.5. The molecule has 2 aromatic carbocycles. The van der Waals surface area contributed by atoms with Gasteiger partial charge in [0.15, 0.2) is 0 Å². The van der Waals surface area contributed by atoms with Crippen molar-refractivity contribution in [2.75, 3.05) is 5.32 Å². The third-order valence-corrected chi connectivity index (χ3v) is 3.27. The number of rotatable bonds is 4. The summed E-state index contributed by atoms with van der Waals surface area (Å²) < 4.78 is 5.50. The number of phenolic OH excluding ortho intramolecular Hbond substituents is 1. The number of hydrogen-bond acceptors (Lipinski definition) is 5. The molecule has 0 amide bonds. The van der Waals surface area contributed by atoms with E-state index in [0.29, 0.717) is 29.0 Å². The monoisotopic (exact) mass is 301 g/mol. The molecule has 3 aromatic rings. The zero-order valence-electron chi connectivity index (χ0n) is 11.0. The van der Waals surface area contributed by atoms with E-state index in [1.807, 2.05) is 24.3 Å². The summed E-state index contributed by atoms with van der Waals surface area (Å²) in [5, 5.41) is 21.0. The first-order chi connectivity index (χ1) is 10.2. The van der Waals surface area contributed by atoms with Crippen molar-refractivity contribution in [1.82, 2.24) is 10.2 Å². The van der Waals surface area contributed by atoms with E-state index in [2.05, 4.69) is 15.5 Å². The van der Waals surface area contributed by atoms with Gasteiger partial charge >= 0.3 is 6.01 Å². The van der Waals surface area contributed by atoms with E-state index >= 15 is 0 Å². The van der Waals surface area contributed by atoms with Crippen molar-refractivity contribution in [3.05, 3.63) is 59.1 Å². The van der Waals surface area contributed by atoms with Crippen molar-refractivity contribution in [2.24, 2.45) is 0 Å². The van der Waals surface area contributed by atoms with Gasteiger partial charge in [-0.2, -0.15) is 0 Å². The maximum atomic E-state index is 9.44. The second-order valence-corrected chi connectivity index (χ2v) is 4.81. The second kappa shape index (κ2) is 5.85. The van der Waals surface area contributed by atoms with Gasteiger partial charge in [-0.15, -0.1) is 5.10 Å². The summed E-state index contributed by atoms with van der Waals surface area (Å²) in [7, 11) is 0. The highest BCUT2D eigenvalue weighted by molar-refractivity contribution is 6.31. The lowest BCUT2D eigenvalue weighted by Crippen LogP contribution is -1.99. The molecular formula is C15H12ClN3O2. The summed E-state index contributed by atoms with van der Waals surface area (Å²) in [4.78, 5) is 0. The van der Waals surface area contributed by atoms with Gasteiger partial charge in [0.2, 0.25) is 5.89 Å². The van der Waals surface area contributed by atoms with Crippen LogP contribution in [0.5, 0.6) is 5.75 Å². The molecule has 0 radical (unpaired) electrons. The van der Waals surface area contributed by atoms with Crippen molar-refractivity contribution in [3.63, 3.8) is 0 Å². The lowest BCUT2D eigenvalue weighted by Gasteiger charge is -2.03. The summed E-state index contributed by atoms with van der Waals surface area (Å²) >= 11 is 6.07. The third-order valence-electron chi connectivity index (χ3n) is 2.91. The summed E-state index contributed by atoms with van der Waals surface area (Å²) in [6.45, 7) is 0.487. The van der Waals surface area contributed by atoms with E-state index in [1.165, 1.54) is 0 Å². The molecule has 6 heteroatoms. The fourth-order valence-electron chi connectivity index (χ4n) is 1.86. The molecular weight excluding hydrogens is 290 g/mol. The number of halogens is 1. The van der Waals surface area contributed by atoms with E-state index in [-0.39, 0.29) is 5.75 Å². The van der Waals surface area contributed by atoms with Crippen LogP contribution < -0.4 is 5.32 Å². The lowest BCUT2D eigenvalue weighted by atomic mass is 10.2. The Hall–Kier alpha value is -2.53. The highest BCUT2D eigenvalue weighted by Crippen LogP contribution is 2.23. The predicted molar refractivity (Wildman–Crippen MR) is 80.2 cm³/mol. The average molecular weight is 302 g/mol. The van der Waals surface area contributed by atoms with Crippen LogP contribution in [-0.4, -0.2) is 15.3 Å². The molecule has 0 aliphatic rings. The quantitative estimate of drug-likeness (QED) is 0.768. The molecule has 0 aliphatic carbocycles. The number of anilines is 1. The standard InChI is InChI=1S/C15H12ClN3O2/c16-13-7-2-1-4-11(13)9-17-15-19-18-14(21-15)10-5-3-6-12(20)8-10/h1-8,20H,9H2,(H,17,19). The summed E-state index contributed by atoms with van der Waals surface area (Å²) in [5.74, 6) is 0.490. The molecule has 0 unspecified atom stereocenters. The molecule has 0 bridgehead atoms. The molecule has 21 heavy (non-hydrogen) atoms. The maximum absolute atomic E-state index is 9.44. The number of aromatic hydroxyl groups is 1. The number of nitrogens with zero attached hydrogens (tertiary/aromatic N) is 2. The lowest BCUT2D eigenvalue weighted by molar-refractivity contribution is 0.475. The van der Waals surface area contributed by atoms with E-state index in [4.69, 9.17) is 16.0 Å². The van der Waals surface area contributed by atoms with Crippen molar-refractivity contribution in [2.45, 2.75) is 6.54 Å². The van der Waals surface area contributed by atoms with Crippen LogP contribution in [0.4, 0.5) is 6.01 Å². The van der Waals surface area contributed by atoms with Gasteiger partial charge in [0.05, 0.1) is 0 Å². The molecule has 5 nitrogen and oxygen atoms in total. The molecule has 2 N–H and O–H groups in total. The van der Waals surface area contributed by atoms with Gasteiger partial charge in [0.1, 0.15) is 5.75 Å². The van der Waals surface area contributed by atoms with E-state index in [0.717, 1.165) is 5.56 Å². The molecule has 106 valence electrons. The number of hydrogen-bond donors (Lipinski definition) is 2. The van der Waals surface area contributed by atoms with Gasteiger partial charge < -0.3 is 14.8 Å². The summed E-state index contributed by atoms with van der Waals surface area (Å²) in [6.07, 6.45) is 0. The normalized spacial score (nSPS) is 10.5. The maximum Gasteiger partial charge on any atom is 0.316 e. The first-order valence-corrected chi connectivity index (χ1v) is 6.70. The summed E-state index contributed by atoms with van der Waals surface area (Å²) in [5.41, 5.74) is 1.60. The fourth-order valence-corrected chi connectivity index (χ4v) is 2.07. The number of phenols is 1. The molecule has 1 aromatic heterocycles. The Morgan fingerprint density at radius 1 is 1.10 bits per heavy atom.